The Balaban J connectivity index is 1.49. The molecular formula is C23H13ClF2N4O4S. The fourth-order valence-electron chi connectivity index (χ4n) is 3.50. The summed E-state index contributed by atoms with van der Waals surface area (Å²) in [4.78, 5) is 23.4. The molecule has 176 valence electrons. The molecule has 0 atom stereocenters. The summed E-state index contributed by atoms with van der Waals surface area (Å²) in [7, 11) is -4.27. The molecule has 12 heteroatoms. The minimum Gasteiger partial charge on any atom is -0.444 e. The summed E-state index contributed by atoms with van der Waals surface area (Å²) < 4.78 is 62.8. The van der Waals surface area contributed by atoms with Crippen molar-refractivity contribution in [2.24, 2.45) is 0 Å². The van der Waals surface area contributed by atoms with Crippen LogP contribution in [-0.4, -0.2) is 29.2 Å². The van der Waals surface area contributed by atoms with Gasteiger partial charge < -0.3 is 9.40 Å². The number of halogens is 3. The van der Waals surface area contributed by atoms with E-state index < -0.39 is 38.7 Å². The number of benzene rings is 2. The molecule has 2 N–H and O–H groups in total. The number of nitrogens with zero attached hydrogens (tertiary/aromatic N) is 2. The first-order valence-corrected chi connectivity index (χ1v) is 11.8. The minimum atomic E-state index is -4.27. The van der Waals surface area contributed by atoms with E-state index in [0.29, 0.717) is 17.0 Å². The van der Waals surface area contributed by atoms with E-state index in [1.807, 2.05) is 0 Å². The number of anilines is 1. The average Bonchev–Trinajstić information content (AvgIpc) is 3.51. The highest BCUT2D eigenvalue weighted by molar-refractivity contribution is 7.92. The first-order chi connectivity index (χ1) is 16.7. The number of rotatable bonds is 6. The number of sulfonamides is 1. The van der Waals surface area contributed by atoms with Gasteiger partial charge in [0.15, 0.2) is 18.0 Å². The van der Waals surface area contributed by atoms with Crippen LogP contribution in [0.5, 0.6) is 0 Å². The smallest absolute Gasteiger partial charge is 0.261 e. The van der Waals surface area contributed by atoms with Gasteiger partial charge in [0.05, 0.1) is 27.4 Å². The Morgan fingerprint density at radius 2 is 1.86 bits per heavy atom. The van der Waals surface area contributed by atoms with E-state index in [-0.39, 0.29) is 20.9 Å². The predicted molar refractivity (Wildman–Crippen MR) is 124 cm³/mol. The average molecular weight is 515 g/mol. The summed E-state index contributed by atoms with van der Waals surface area (Å²) in [5.41, 5.74) is -0.715. The Kier molecular flexibility index (Phi) is 5.58. The molecule has 5 aromatic rings. The molecule has 0 aliphatic carbocycles. The molecule has 0 bridgehead atoms. The van der Waals surface area contributed by atoms with Crippen molar-refractivity contribution < 1.29 is 26.4 Å². The Labute approximate surface area is 201 Å². The Morgan fingerprint density at radius 3 is 2.57 bits per heavy atom. The van der Waals surface area contributed by atoms with Crippen LogP contribution in [0.15, 0.2) is 76.8 Å². The highest BCUT2D eigenvalue weighted by Gasteiger charge is 2.26. The normalized spacial score (nSPS) is 11.6. The zero-order valence-electron chi connectivity index (χ0n) is 17.4. The van der Waals surface area contributed by atoms with Crippen LogP contribution in [0.3, 0.4) is 0 Å². The number of oxazole rings is 1. The number of hydrogen-bond acceptors (Lipinski definition) is 6. The van der Waals surface area contributed by atoms with Crippen LogP contribution in [0.2, 0.25) is 5.02 Å². The quantitative estimate of drug-likeness (QED) is 0.301. The Morgan fingerprint density at radius 1 is 1.09 bits per heavy atom. The summed E-state index contributed by atoms with van der Waals surface area (Å²) >= 11 is 5.93. The topological polar surface area (TPSA) is 118 Å². The maximum absolute atomic E-state index is 15.3. The second-order valence-corrected chi connectivity index (χ2v) is 9.48. The molecule has 0 unspecified atom stereocenters. The SMILES string of the molecule is O=C(c1c(F)ccc(NS(=O)(=O)c2ccc(-c3cnco3)cc2)c1F)c1c[nH]c2ncc(Cl)cc12. The number of ketones is 1. The lowest BCUT2D eigenvalue weighted by molar-refractivity contribution is 0.103. The highest BCUT2D eigenvalue weighted by atomic mass is 35.5. The molecule has 0 fully saturated rings. The molecule has 0 saturated carbocycles. The molecule has 0 aliphatic heterocycles. The summed E-state index contributed by atoms with van der Waals surface area (Å²) in [6.45, 7) is 0. The van der Waals surface area contributed by atoms with Crippen LogP contribution in [0.25, 0.3) is 22.4 Å². The minimum absolute atomic E-state index is 0.0733. The molecule has 8 nitrogen and oxygen atoms in total. The molecule has 5 rings (SSSR count). The van der Waals surface area contributed by atoms with Gasteiger partial charge in [0.25, 0.3) is 10.0 Å². The number of aromatic nitrogens is 3. The monoisotopic (exact) mass is 514 g/mol. The molecular weight excluding hydrogens is 502 g/mol. The van der Waals surface area contributed by atoms with Gasteiger partial charge in [-0.2, -0.15) is 0 Å². The van der Waals surface area contributed by atoms with E-state index in [9.17, 15) is 17.6 Å². The third-order valence-corrected chi connectivity index (χ3v) is 6.77. The third kappa shape index (κ3) is 4.15. The van der Waals surface area contributed by atoms with E-state index in [4.69, 9.17) is 16.0 Å². The summed E-state index contributed by atoms with van der Waals surface area (Å²) in [5, 5.41) is 0.488. The van der Waals surface area contributed by atoms with Crippen LogP contribution in [0, 0.1) is 11.6 Å². The first kappa shape index (κ1) is 22.7. The Hall–Kier alpha value is -4.09. The van der Waals surface area contributed by atoms with Gasteiger partial charge in [-0.15, -0.1) is 0 Å². The van der Waals surface area contributed by atoms with Gasteiger partial charge in [0, 0.05) is 28.9 Å². The van der Waals surface area contributed by atoms with Crippen LogP contribution >= 0.6 is 11.6 Å². The molecule has 0 radical (unpaired) electrons. The molecule has 0 saturated heterocycles. The van der Waals surface area contributed by atoms with Gasteiger partial charge >= 0.3 is 0 Å². The molecule has 3 aromatic heterocycles. The van der Waals surface area contributed by atoms with E-state index in [1.54, 1.807) is 0 Å². The summed E-state index contributed by atoms with van der Waals surface area (Å²) in [6, 6.07) is 8.68. The van der Waals surface area contributed by atoms with Crippen molar-refractivity contribution in [2.75, 3.05) is 4.72 Å². The number of carbonyl (C=O) groups is 1. The summed E-state index contributed by atoms with van der Waals surface area (Å²) in [5.74, 6) is -3.09. The van der Waals surface area contributed by atoms with Crippen LogP contribution in [0.1, 0.15) is 15.9 Å². The number of carbonyl (C=O) groups excluding carboxylic acids is 1. The van der Waals surface area contributed by atoms with E-state index in [0.717, 1.165) is 12.1 Å². The zero-order valence-corrected chi connectivity index (χ0v) is 19.0. The number of aromatic amines is 1. The molecule has 2 aromatic carbocycles. The van der Waals surface area contributed by atoms with Crippen molar-refractivity contribution in [3.63, 3.8) is 0 Å². The van der Waals surface area contributed by atoms with Gasteiger partial charge in [0.2, 0.25) is 5.78 Å². The number of hydrogen-bond donors (Lipinski definition) is 2. The molecule has 0 amide bonds. The maximum Gasteiger partial charge on any atom is 0.261 e. The van der Waals surface area contributed by atoms with Gasteiger partial charge in [-0.25, -0.2) is 27.2 Å². The Bertz CT molecular complexity index is 1690. The number of fused-ring (bicyclic) bond motifs is 1. The predicted octanol–water partition coefficient (Wildman–Crippen LogP) is 5.18. The fraction of sp³-hybridized carbons (Fsp3) is 0. The van der Waals surface area contributed by atoms with Gasteiger partial charge in [-0.3, -0.25) is 9.52 Å². The van der Waals surface area contributed by atoms with Crippen molar-refractivity contribution in [3.8, 4) is 11.3 Å². The van der Waals surface area contributed by atoms with Gasteiger partial charge in [0.1, 0.15) is 11.5 Å². The molecule has 0 spiro atoms. The number of nitrogens with one attached hydrogen (secondary N) is 2. The first-order valence-electron chi connectivity index (χ1n) is 9.91. The third-order valence-electron chi connectivity index (χ3n) is 5.19. The van der Waals surface area contributed by atoms with Gasteiger partial charge in [-0.05, 0) is 42.5 Å². The van der Waals surface area contributed by atoms with Crippen molar-refractivity contribution in [2.45, 2.75) is 4.90 Å². The van der Waals surface area contributed by atoms with Crippen molar-refractivity contribution in [3.05, 3.63) is 95.2 Å². The van der Waals surface area contributed by atoms with E-state index in [2.05, 4.69) is 19.7 Å². The largest absolute Gasteiger partial charge is 0.444 e. The van der Waals surface area contributed by atoms with Gasteiger partial charge in [-0.1, -0.05) is 11.6 Å². The van der Waals surface area contributed by atoms with Crippen molar-refractivity contribution in [1.29, 1.82) is 0 Å². The van der Waals surface area contributed by atoms with Crippen LogP contribution in [-0.2, 0) is 10.0 Å². The van der Waals surface area contributed by atoms with E-state index in [1.165, 1.54) is 55.3 Å². The lowest BCUT2D eigenvalue weighted by atomic mass is 10.0. The maximum atomic E-state index is 15.3. The lowest BCUT2D eigenvalue weighted by Crippen LogP contribution is -2.16. The fourth-order valence-corrected chi connectivity index (χ4v) is 4.72. The van der Waals surface area contributed by atoms with Crippen LogP contribution in [0.4, 0.5) is 14.5 Å². The summed E-state index contributed by atoms with van der Waals surface area (Å²) in [6.07, 6.45) is 5.30. The standard InChI is InChI=1S/C23H13ClF2N4O4S/c24-13-7-15-16(9-29-23(15)28-8-13)22(31)20-17(25)5-6-18(21(20)26)30-35(32,33)14-3-1-12(2-4-14)19-10-27-11-34-19/h1-11,30H,(H,28,29). The number of H-pyrrole nitrogens is 1. The number of pyridine rings is 1. The highest BCUT2D eigenvalue weighted by Crippen LogP contribution is 2.29. The lowest BCUT2D eigenvalue weighted by Gasteiger charge is -2.12. The van der Waals surface area contributed by atoms with E-state index >= 15 is 4.39 Å². The second kappa shape index (κ2) is 8.60. The molecule has 0 aliphatic rings. The second-order valence-electron chi connectivity index (χ2n) is 7.36. The molecule has 3 heterocycles. The van der Waals surface area contributed by atoms with Crippen LogP contribution < -0.4 is 4.72 Å². The molecule has 35 heavy (non-hydrogen) atoms. The van der Waals surface area contributed by atoms with Crippen molar-refractivity contribution >= 4 is 44.1 Å². The zero-order chi connectivity index (χ0) is 24.7. The van der Waals surface area contributed by atoms with Crippen molar-refractivity contribution in [1.82, 2.24) is 15.0 Å².